The van der Waals surface area contributed by atoms with Crippen LogP contribution in [0.15, 0.2) is 35.3 Å². The number of amidine groups is 1. The second-order valence-corrected chi connectivity index (χ2v) is 6.01. The smallest absolute Gasteiger partial charge is 0.285 e. The Morgan fingerprint density at radius 3 is 2.50 bits per heavy atom. The fourth-order valence-electron chi connectivity index (χ4n) is 2.05. The van der Waals surface area contributed by atoms with E-state index in [-0.39, 0.29) is 11.1 Å². The minimum Gasteiger partial charge on any atom is -0.454 e. The SMILES string of the molecule is CC(C)(C)NC1=NCCC(C)(c2ccccc2)O1. The lowest BCUT2D eigenvalue weighted by atomic mass is 9.92. The van der Waals surface area contributed by atoms with Gasteiger partial charge in [0.2, 0.25) is 0 Å². The van der Waals surface area contributed by atoms with Gasteiger partial charge in [-0.15, -0.1) is 0 Å². The summed E-state index contributed by atoms with van der Waals surface area (Å²) in [6, 6.07) is 11.0. The summed E-state index contributed by atoms with van der Waals surface area (Å²) in [7, 11) is 0. The molecule has 1 atom stereocenters. The summed E-state index contributed by atoms with van der Waals surface area (Å²) >= 11 is 0. The van der Waals surface area contributed by atoms with Gasteiger partial charge in [0, 0.05) is 18.5 Å². The van der Waals surface area contributed by atoms with E-state index in [0.717, 1.165) is 13.0 Å². The van der Waals surface area contributed by atoms with E-state index in [1.165, 1.54) is 5.56 Å². The molecule has 1 aromatic carbocycles. The van der Waals surface area contributed by atoms with E-state index in [1.54, 1.807) is 0 Å². The van der Waals surface area contributed by atoms with Crippen LogP contribution >= 0.6 is 0 Å². The maximum Gasteiger partial charge on any atom is 0.285 e. The summed E-state index contributed by atoms with van der Waals surface area (Å²) in [5.74, 6) is 0. The molecule has 0 amide bonds. The first kappa shape index (κ1) is 12.9. The van der Waals surface area contributed by atoms with E-state index in [4.69, 9.17) is 4.74 Å². The van der Waals surface area contributed by atoms with Gasteiger partial charge in [0.25, 0.3) is 6.02 Å². The molecule has 0 aromatic heterocycles. The third-order valence-electron chi connectivity index (χ3n) is 3.03. The Hall–Kier alpha value is -1.51. The molecule has 2 rings (SSSR count). The Kier molecular flexibility index (Phi) is 3.33. The van der Waals surface area contributed by atoms with Gasteiger partial charge in [-0.05, 0) is 33.3 Å². The predicted molar refractivity (Wildman–Crippen MR) is 74.7 cm³/mol. The van der Waals surface area contributed by atoms with Crippen LogP contribution in [0.5, 0.6) is 0 Å². The zero-order chi connectivity index (χ0) is 13.2. The Balaban J connectivity index is 2.16. The third kappa shape index (κ3) is 3.03. The normalized spacial score (nSPS) is 24.1. The van der Waals surface area contributed by atoms with Crippen molar-refractivity contribution >= 4 is 6.02 Å². The van der Waals surface area contributed by atoms with Gasteiger partial charge in [-0.2, -0.15) is 0 Å². The van der Waals surface area contributed by atoms with E-state index < -0.39 is 0 Å². The first-order valence-electron chi connectivity index (χ1n) is 6.46. The molecule has 0 saturated carbocycles. The molecule has 0 bridgehead atoms. The quantitative estimate of drug-likeness (QED) is 0.826. The zero-order valence-electron chi connectivity index (χ0n) is 11.7. The van der Waals surface area contributed by atoms with Gasteiger partial charge >= 0.3 is 0 Å². The van der Waals surface area contributed by atoms with E-state index in [0.29, 0.717) is 6.02 Å². The second-order valence-electron chi connectivity index (χ2n) is 6.01. The van der Waals surface area contributed by atoms with Gasteiger partial charge in [-0.1, -0.05) is 30.3 Å². The largest absolute Gasteiger partial charge is 0.454 e. The lowest BCUT2D eigenvalue weighted by Gasteiger charge is -2.36. The summed E-state index contributed by atoms with van der Waals surface area (Å²) in [6.45, 7) is 9.24. The Labute approximate surface area is 109 Å². The van der Waals surface area contributed by atoms with Crippen LogP contribution in [0.1, 0.15) is 39.7 Å². The van der Waals surface area contributed by atoms with Crippen molar-refractivity contribution in [2.45, 2.75) is 45.3 Å². The van der Waals surface area contributed by atoms with Crippen LogP contribution in [0.4, 0.5) is 0 Å². The minimum atomic E-state index is -0.281. The molecular weight excluding hydrogens is 224 g/mol. The van der Waals surface area contributed by atoms with Crippen LogP contribution in [0.2, 0.25) is 0 Å². The highest BCUT2D eigenvalue weighted by atomic mass is 16.5. The van der Waals surface area contributed by atoms with Gasteiger partial charge in [0.1, 0.15) is 5.60 Å². The van der Waals surface area contributed by atoms with Crippen molar-refractivity contribution in [2.75, 3.05) is 6.54 Å². The molecule has 3 nitrogen and oxygen atoms in total. The molecular formula is C15H22N2O. The molecule has 0 fully saturated rings. The van der Waals surface area contributed by atoms with Crippen molar-refractivity contribution < 1.29 is 4.74 Å². The van der Waals surface area contributed by atoms with Gasteiger partial charge in [-0.25, -0.2) is 4.99 Å². The first-order valence-corrected chi connectivity index (χ1v) is 6.46. The molecule has 1 N–H and O–H groups in total. The van der Waals surface area contributed by atoms with Crippen molar-refractivity contribution in [1.82, 2.24) is 5.32 Å². The summed E-state index contributed by atoms with van der Waals surface area (Å²) in [4.78, 5) is 4.42. The van der Waals surface area contributed by atoms with Crippen LogP contribution < -0.4 is 5.32 Å². The summed E-state index contributed by atoms with van der Waals surface area (Å²) in [5, 5.41) is 3.31. The van der Waals surface area contributed by atoms with Crippen molar-refractivity contribution in [3.8, 4) is 0 Å². The van der Waals surface area contributed by atoms with Crippen LogP contribution in [0, 0.1) is 0 Å². The van der Waals surface area contributed by atoms with Crippen molar-refractivity contribution in [3.05, 3.63) is 35.9 Å². The number of rotatable bonds is 1. The van der Waals surface area contributed by atoms with Crippen molar-refractivity contribution in [2.24, 2.45) is 4.99 Å². The van der Waals surface area contributed by atoms with E-state index in [1.807, 2.05) is 18.2 Å². The topological polar surface area (TPSA) is 33.6 Å². The number of hydrogen-bond donors (Lipinski definition) is 1. The molecule has 1 unspecified atom stereocenters. The van der Waals surface area contributed by atoms with E-state index >= 15 is 0 Å². The molecule has 1 aliphatic rings. The molecule has 1 aromatic rings. The Morgan fingerprint density at radius 2 is 1.89 bits per heavy atom. The van der Waals surface area contributed by atoms with Gasteiger partial charge in [-0.3, -0.25) is 0 Å². The summed E-state index contributed by atoms with van der Waals surface area (Å²) < 4.78 is 6.07. The fraction of sp³-hybridized carbons (Fsp3) is 0.533. The minimum absolute atomic E-state index is 0.0340. The highest BCUT2D eigenvalue weighted by Gasteiger charge is 2.33. The maximum absolute atomic E-state index is 6.07. The molecule has 1 heterocycles. The molecule has 0 spiro atoms. The maximum atomic E-state index is 6.07. The third-order valence-corrected chi connectivity index (χ3v) is 3.03. The van der Waals surface area contributed by atoms with Crippen LogP contribution in [-0.4, -0.2) is 18.1 Å². The van der Waals surface area contributed by atoms with Crippen LogP contribution in [0.3, 0.4) is 0 Å². The average molecular weight is 246 g/mol. The summed E-state index contributed by atoms with van der Waals surface area (Å²) in [5.41, 5.74) is 0.887. The molecule has 18 heavy (non-hydrogen) atoms. The van der Waals surface area contributed by atoms with Crippen molar-refractivity contribution in [1.29, 1.82) is 0 Å². The van der Waals surface area contributed by atoms with E-state index in [2.05, 4.69) is 50.1 Å². The predicted octanol–water partition coefficient (Wildman–Crippen LogP) is 3.07. The van der Waals surface area contributed by atoms with Crippen LogP contribution in [-0.2, 0) is 10.3 Å². The Morgan fingerprint density at radius 1 is 1.22 bits per heavy atom. The second kappa shape index (κ2) is 4.63. The van der Waals surface area contributed by atoms with Gasteiger partial charge in [0.05, 0.1) is 0 Å². The number of nitrogens with one attached hydrogen (secondary N) is 1. The van der Waals surface area contributed by atoms with Gasteiger partial charge < -0.3 is 10.1 Å². The number of ether oxygens (including phenoxy) is 1. The van der Waals surface area contributed by atoms with Gasteiger partial charge in [0.15, 0.2) is 0 Å². The number of aliphatic imine (C=N–C) groups is 1. The average Bonchev–Trinajstić information content (AvgIpc) is 2.28. The lowest BCUT2D eigenvalue weighted by Crippen LogP contribution is -2.47. The zero-order valence-corrected chi connectivity index (χ0v) is 11.7. The molecule has 0 saturated heterocycles. The highest BCUT2D eigenvalue weighted by molar-refractivity contribution is 5.75. The number of nitrogens with zero attached hydrogens (tertiary/aromatic N) is 1. The molecule has 1 aliphatic heterocycles. The fourth-order valence-corrected chi connectivity index (χ4v) is 2.05. The number of hydrogen-bond acceptors (Lipinski definition) is 3. The molecule has 0 aliphatic carbocycles. The monoisotopic (exact) mass is 246 g/mol. The molecule has 3 heteroatoms. The molecule has 0 radical (unpaired) electrons. The van der Waals surface area contributed by atoms with Crippen LogP contribution in [0.25, 0.3) is 0 Å². The van der Waals surface area contributed by atoms with E-state index in [9.17, 15) is 0 Å². The lowest BCUT2D eigenvalue weighted by molar-refractivity contribution is 0.0445. The number of benzene rings is 1. The van der Waals surface area contributed by atoms with Crippen molar-refractivity contribution in [3.63, 3.8) is 0 Å². The molecule has 98 valence electrons. The summed E-state index contributed by atoms with van der Waals surface area (Å²) in [6.07, 6.45) is 0.909. The Bertz CT molecular complexity index is 434. The highest BCUT2D eigenvalue weighted by Crippen LogP contribution is 2.31. The first-order chi connectivity index (χ1) is 8.39. The standard InChI is InChI=1S/C15H22N2O/c1-14(2,3)17-13-16-11-10-15(4,18-13)12-8-6-5-7-9-12/h5-9H,10-11H2,1-4H3,(H,16,17).